The lowest BCUT2D eigenvalue weighted by Gasteiger charge is -2.28. The molecule has 1 saturated heterocycles. The van der Waals surface area contributed by atoms with Gasteiger partial charge in [-0.05, 0) is 43.7 Å². The van der Waals surface area contributed by atoms with Crippen LogP contribution in [0, 0.1) is 11.3 Å². The molecule has 2 rings (SSSR count). The number of nitrogens with zero attached hydrogens (tertiary/aromatic N) is 1. The van der Waals surface area contributed by atoms with Crippen LogP contribution in [0.1, 0.15) is 28.8 Å². The van der Waals surface area contributed by atoms with Gasteiger partial charge in [-0.15, -0.1) is 0 Å². The minimum Gasteiger partial charge on any atom is -0.383 e. The van der Waals surface area contributed by atoms with E-state index in [9.17, 15) is 4.79 Å². The fraction of sp³-hybridized carbons (Fsp3) is 0.467. The first kappa shape index (κ1) is 14.5. The van der Waals surface area contributed by atoms with Crippen molar-refractivity contribution < 1.29 is 9.53 Å². The molecule has 5 heteroatoms. The van der Waals surface area contributed by atoms with Gasteiger partial charge in [0, 0.05) is 19.2 Å². The molecule has 5 nitrogen and oxygen atoms in total. The van der Waals surface area contributed by atoms with Gasteiger partial charge >= 0.3 is 0 Å². The normalized spacial score (nSPS) is 21.4. The molecule has 20 heavy (non-hydrogen) atoms. The maximum atomic E-state index is 12.1. The van der Waals surface area contributed by atoms with Crippen LogP contribution in [0.3, 0.4) is 0 Å². The molecule has 0 bridgehead atoms. The number of benzene rings is 1. The van der Waals surface area contributed by atoms with Crippen LogP contribution in [0.2, 0.25) is 0 Å². The van der Waals surface area contributed by atoms with E-state index in [2.05, 4.69) is 10.6 Å². The van der Waals surface area contributed by atoms with Gasteiger partial charge in [-0.3, -0.25) is 4.79 Å². The highest BCUT2D eigenvalue weighted by molar-refractivity contribution is 5.94. The predicted octanol–water partition coefficient (Wildman–Crippen LogP) is 1.06. The fourth-order valence-corrected chi connectivity index (χ4v) is 2.52. The lowest BCUT2D eigenvalue weighted by Crippen LogP contribution is -2.52. The van der Waals surface area contributed by atoms with E-state index in [1.165, 1.54) is 0 Å². The highest BCUT2D eigenvalue weighted by Crippen LogP contribution is 2.19. The molecule has 1 unspecified atom stereocenters. The first-order chi connectivity index (χ1) is 9.69. The zero-order valence-corrected chi connectivity index (χ0v) is 11.6. The Morgan fingerprint density at radius 2 is 2.25 bits per heavy atom. The number of ether oxygens (including phenoxy) is 1. The molecule has 0 saturated carbocycles. The zero-order valence-electron chi connectivity index (χ0n) is 11.6. The summed E-state index contributed by atoms with van der Waals surface area (Å²) in [5, 5.41) is 15.1. The van der Waals surface area contributed by atoms with Gasteiger partial charge in [0.25, 0.3) is 5.91 Å². The number of rotatable bonds is 5. The Morgan fingerprint density at radius 1 is 1.50 bits per heavy atom. The lowest BCUT2D eigenvalue weighted by molar-refractivity contribution is 0.0892. The van der Waals surface area contributed by atoms with Crippen molar-refractivity contribution in [1.29, 1.82) is 5.26 Å². The summed E-state index contributed by atoms with van der Waals surface area (Å²) >= 11 is 0. The van der Waals surface area contributed by atoms with E-state index in [1.807, 2.05) is 6.07 Å². The van der Waals surface area contributed by atoms with E-state index in [0.29, 0.717) is 24.3 Å². The molecule has 0 aliphatic carbocycles. The fourth-order valence-electron chi connectivity index (χ4n) is 2.52. The Balaban J connectivity index is 1.95. The number of hydrogen-bond donors (Lipinski definition) is 2. The molecule has 1 aromatic rings. The summed E-state index contributed by atoms with van der Waals surface area (Å²) in [6, 6.07) is 8.66. The highest BCUT2D eigenvalue weighted by Gasteiger charge is 2.33. The third kappa shape index (κ3) is 3.35. The van der Waals surface area contributed by atoms with Crippen LogP contribution in [-0.2, 0) is 4.74 Å². The van der Waals surface area contributed by atoms with Crippen LogP contribution < -0.4 is 10.6 Å². The molecular formula is C15H19N3O2. The molecule has 106 valence electrons. The number of amides is 1. The molecule has 1 amide bonds. The summed E-state index contributed by atoms with van der Waals surface area (Å²) < 4.78 is 5.25. The Morgan fingerprint density at radius 3 is 2.80 bits per heavy atom. The van der Waals surface area contributed by atoms with Crippen LogP contribution >= 0.6 is 0 Å². The van der Waals surface area contributed by atoms with E-state index < -0.39 is 0 Å². The van der Waals surface area contributed by atoms with Gasteiger partial charge < -0.3 is 15.4 Å². The average Bonchev–Trinajstić information content (AvgIpc) is 2.94. The van der Waals surface area contributed by atoms with Gasteiger partial charge in [0.05, 0.1) is 23.8 Å². The van der Waals surface area contributed by atoms with Gasteiger partial charge in [0.1, 0.15) is 0 Å². The van der Waals surface area contributed by atoms with Crippen molar-refractivity contribution >= 4 is 5.91 Å². The number of methoxy groups -OCH3 is 1. The van der Waals surface area contributed by atoms with Gasteiger partial charge in [0.2, 0.25) is 0 Å². The van der Waals surface area contributed by atoms with Crippen molar-refractivity contribution in [2.24, 2.45) is 0 Å². The van der Waals surface area contributed by atoms with Crippen molar-refractivity contribution in [3.63, 3.8) is 0 Å². The van der Waals surface area contributed by atoms with Gasteiger partial charge in [-0.25, -0.2) is 0 Å². The second-order valence-corrected chi connectivity index (χ2v) is 5.12. The second kappa shape index (κ2) is 6.51. The monoisotopic (exact) mass is 273 g/mol. The van der Waals surface area contributed by atoms with Crippen molar-refractivity contribution in [3.8, 4) is 6.07 Å². The summed E-state index contributed by atoms with van der Waals surface area (Å²) in [6.45, 7) is 2.08. The summed E-state index contributed by atoms with van der Waals surface area (Å²) in [6.07, 6.45) is 2.09. The van der Waals surface area contributed by atoms with Gasteiger partial charge in [-0.2, -0.15) is 5.26 Å². The Kier molecular flexibility index (Phi) is 4.72. The molecular weight excluding hydrogens is 254 g/mol. The smallest absolute Gasteiger partial charge is 0.251 e. The maximum Gasteiger partial charge on any atom is 0.251 e. The van der Waals surface area contributed by atoms with Crippen molar-refractivity contribution in [2.75, 3.05) is 26.8 Å². The predicted molar refractivity (Wildman–Crippen MR) is 75.3 cm³/mol. The number of nitriles is 1. The third-order valence-electron chi connectivity index (χ3n) is 3.62. The zero-order chi connectivity index (χ0) is 14.4. The number of nitrogens with one attached hydrogen (secondary N) is 2. The first-order valence-electron chi connectivity index (χ1n) is 6.71. The molecule has 1 aliphatic rings. The Hall–Kier alpha value is -1.90. The summed E-state index contributed by atoms with van der Waals surface area (Å²) in [7, 11) is 1.67. The average molecular weight is 273 g/mol. The minimum absolute atomic E-state index is 0.126. The maximum absolute atomic E-state index is 12.1. The molecule has 0 spiro atoms. The lowest BCUT2D eigenvalue weighted by atomic mass is 9.98. The van der Waals surface area contributed by atoms with E-state index in [-0.39, 0.29) is 11.4 Å². The van der Waals surface area contributed by atoms with E-state index in [1.54, 1.807) is 31.4 Å². The van der Waals surface area contributed by atoms with E-state index in [0.717, 1.165) is 19.4 Å². The summed E-state index contributed by atoms with van der Waals surface area (Å²) in [5.74, 6) is -0.126. The second-order valence-electron chi connectivity index (χ2n) is 5.12. The number of carbonyl (C=O) groups is 1. The van der Waals surface area contributed by atoms with Crippen molar-refractivity contribution in [3.05, 3.63) is 35.4 Å². The number of carbonyl (C=O) groups excluding carboxylic acids is 1. The standard InChI is InChI=1S/C15H19N3O2/c1-20-11-15(7-2-8-18-15)10-17-14(19)13-5-3-12(9-16)4-6-13/h3-6,18H,2,7-8,10-11H2,1H3,(H,17,19). The Labute approximate surface area is 118 Å². The van der Waals surface area contributed by atoms with Gasteiger partial charge in [0.15, 0.2) is 0 Å². The van der Waals surface area contributed by atoms with Crippen LogP contribution in [0.15, 0.2) is 24.3 Å². The Bertz CT molecular complexity index is 499. The summed E-state index contributed by atoms with van der Waals surface area (Å²) in [4.78, 5) is 12.1. The van der Waals surface area contributed by atoms with Crippen molar-refractivity contribution in [1.82, 2.24) is 10.6 Å². The first-order valence-corrected chi connectivity index (χ1v) is 6.71. The largest absolute Gasteiger partial charge is 0.383 e. The molecule has 1 atom stereocenters. The van der Waals surface area contributed by atoms with Gasteiger partial charge in [-0.1, -0.05) is 0 Å². The molecule has 1 aliphatic heterocycles. The minimum atomic E-state index is -0.156. The molecule has 0 aromatic heterocycles. The van der Waals surface area contributed by atoms with Crippen LogP contribution in [0.4, 0.5) is 0 Å². The number of hydrogen-bond acceptors (Lipinski definition) is 4. The molecule has 2 N–H and O–H groups in total. The molecule has 0 radical (unpaired) electrons. The van der Waals surface area contributed by atoms with E-state index in [4.69, 9.17) is 10.00 Å². The SMILES string of the molecule is COCC1(CNC(=O)c2ccc(C#N)cc2)CCCN1. The van der Waals surface area contributed by atoms with Crippen LogP contribution in [-0.4, -0.2) is 38.3 Å². The molecule has 1 aromatic carbocycles. The van der Waals surface area contributed by atoms with Crippen molar-refractivity contribution in [2.45, 2.75) is 18.4 Å². The molecule has 1 fully saturated rings. The summed E-state index contributed by atoms with van der Waals surface area (Å²) in [5.41, 5.74) is 0.959. The highest BCUT2D eigenvalue weighted by atomic mass is 16.5. The third-order valence-corrected chi connectivity index (χ3v) is 3.62. The molecule has 1 heterocycles. The topological polar surface area (TPSA) is 74.1 Å². The van der Waals surface area contributed by atoms with E-state index >= 15 is 0 Å². The van der Waals surface area contributed by atoms with Crippen LogP contribution in [0.25, 0.3) is 0 Å². The van der Waals surface area contributed by atoms with Crippen LogP contribution in [0.5, 0.6) is 0 Å². The quantitative estimate of drug-likeness (QED) is 0.841.